The zero-order valence-electron chi connectivity index (χ0n) is 11.9. The summed E-state index contributed by atoms with van der Waals surface area (Å²) in [7, 11) is 0. The lowest BCUT2D eigenvalue weighted by Gasteiger charge is -2.32. The average molecular weight is 258 g/mol. The minimum Gasteiger partial charge on any atom is -0.366 e. The van der Waals surface area contributed by atoms with Crippen molar-refractivity contribution in [2.45, 2.75) is 33.2 Å². The Bertz CT molecular complexity index is 540. The quantitative estimate of drug-likeness (QED) is 0.885. The van der Waals surface area contributed by atoms with Gasteiger partial charge in [-0.25, -0.2) is 9.97 Å². The zero-order valence-corrected chi connectivity index (χ0v) is 11.9. The van der Waals surface area contributed by atoms with E-state index in [0.717, 1.165) is 23.1 Å². The number of hydrogen-bond acceptors (Lipinski definition) is 4. The molecule has 0 aliphatic carbocycles. The van der Waals surface area contributed by atoms with Crippen molar-refractivity contribution in [1.29, 1.82) is 0 Å². The van der Waals surface area contributed by atoms with E-state index in [0.29, 0.717) is 6.54 Å². The topological polar surface area (TPSA) is 63.8 Å². The molecule has 1 atom stereocenters. The molecule has 0 saturated heterocycles. The molecule has 2 rings (SSSR count). The molecule has 0 aliphatic heterocycles. The first-order valence-corrected chi connectivity index (χ1v) is 6.68. The second-order valence-corrected chi connectivity index (χ2v) is 5.88. The number of nitrogens with one attached hydrogen (secondary N) is 1. The summed E-state index contributed by atoms with van der Waals surface area (Å²) in [5.74, 6) is 0.888. The lowest BCUT2D eigenvalue weighted by Crippen LogP contribution is -2.36. The van der Waals surface area contributed by atoms with Gasteiger partial charge in [-0.15, -0.1) is 0 Å². The molecule has 4 nitrogen and oxygen atoms in total. The Morgan fingerprint density at radius 3 is 2.63 bits per heavy atom. The zero-order chi connectivity index (χ0) is 13.9. The van der Waals surface area contributed by atoms with Crippen molar-refractivity contribution in [3.63, 3.8) is 0 Å². The predicted molar refractivity (Wildman–Crippen MR) is 80.1 cm³/mol. The van der Waals surface area contributed by atoms with Crippen LogP contribution in [0.1, 0.15) is 27.2 Å². The number of hydrogen-bond donors (Lipinski definition) is 2. The maximum absolute atomic E-state index is 5.72. The van der Waals surface area contributed by atoms with E-state index in [1.165, 1.54) is 0 Å². The number of rotatable bonds is 4. The van der Waals surface area contributed by atoms with Gasteiger partial charge in [-0.1, -0.05) is 32.9 Å². The molecule has 0 radical (unpaired) electrons. The van der Waals surface area contributed by atoms with Gasteiger partial charge < -0.3 is 11.1 Å². The highest BCUT2D eigenvalue weighted by Gasteiger charge is 2.24. The van der Waals surface area contributed by atoms with Crippen molar-refractivity contribution < 1.29 is 0 Å². The molecule has 1 heterocycles. The summed E-state index contributed by atoms with van der Waals surface area (Å²) in [4.78, 5) is 8.66. The van der Waals surface area contributed by atoms with Crippen LogP contribution in [0.4, 0.5) is 5.82 Å². The van der Waals surface area contributed by atoms with Gasteiger partial charge >= 0.3 is 0 Å². The fraction of sp³-hybridized carbons (Fsp3) is 0.467. The summed E-state index contributed by atoms with van der Waals surface area (Å²) in [5.41, 5.74) is 6.81. The summed E-state index contributed by atoms with van der Waals surface area (Å²) in [6.45, 7) is 7.30. The van der Waals surface area contributed by atoms with Crippen molar-refractivity contribution >= 4 is 16.7 Å². The summed E-state index contributed by atoms with van der Waals surface area (Å²) < 4.78 is 0. The molecule has 19 heavy (non-hydrogen) atoms. The number of para-hydroxylation sites is 1. The molecule has 0 spiro atoms. The molecule has 1 aromatic heterocycles. The Balaban J connectivity index is 2.34. The Labute approximate surface area is 114 Å². The molecule has 0 bridgehead atoms. The smallest absolute Gasteiger partial charge is 0.137 e. The molecule has 0 amide bonds. The third-order valence-corrected chi connectivity index (χ3v) is 3.35. The number of aromatic nitrogens is 2. The molecule has 0 aliphatic rings. The summed E-state index contributed by atoms with van der Waals surface area (Å²) >= 11 is 0. The van der Waals surface area contributed by atoms with E-state index in [1.54, 1.807) is 6.33 Å². The number of benzene rings is 1. The van der Waals surface area contributed by atoms with Crippen LogP contribution >= 0.6 is 0 Å². The molecule has 1 aromatic carbocycles. The van der Waals surface area contributed by atoms with E-state index in [9.17, 15) is 0 Å². The van der Waals surface area contributed by atoms with Crippen LogP contribution < -0.4 is 11.1 Å². The third-order valence-electron chi connectivity index (χ3n) is 3.35. The maximum Gasteiger partial charge on any atom is 0.137 e. The number of nitrogens with two attached hydrogens (primary N) is 1. The molecule has 3 N–H and O–H groups in total. The van der Waals surface area contributed by atoms with Crippen molar-refractivity contribution in [3.8, 4) is 0 Å². The monoisotopic (exact) mass is 258 g/mol. The highest BCUT2D eigenvalue weighted by atomic mass is 15.0. The average Bonchev–Trinajstić information content (AvgIpc) is 2.37. The third kappa shape index (κ3) is 3.20. The van der Waals surface area contributed by atoms with Crippen LogP contribution in [-0.2, 0) is 0 Å². The SMILES string of the molecule is CC(C)(C)C(CCN)Nc1ncnc2ccccc12. The normalized spacial score (nSPS) is 13.5. The number of fused-ring (bicyclic) bond motifs is 1. The Hall–Kier alpha value is -1.68. The van der Waals surface area contributed by atoms with Gasteiger partial charge in [0.05, 0.1) is 5.52 Å². The molecule has 1 unspecified atom stereocenters. The minimum absolute atomic E-state index is 0.130. The van der Waals surface area contributed by atoms with Gasteiger partial charge in [0.2, 0.25) is 0 Å². The Kier molecular flexibility index (Phi) is 4.00. The fourth-order valence-electron chi connectivity index (χ4n) is 2.17. The first-order valence-electron chi connectivity index (χ1n) is 6.68. The van der Waals surface area contributed by atoms with E-state index in [4.69, 9.17) is 5.73 Å². The highest BCUT2D eigenvalue weighted by Crippen LogP contribution is 2.27. The van der Waals surface area contributed by atoms with Crippen molar-refractivity contribution in [3.05, 3.63) is 30.6 Å². The van der Waals surface area contributed by atoms with E-state index in [-0.39, 0.29) is 11.5 Å². The van der Waals surface area contributed by atoms with Crippen molar-refractivity contribution in [1.82, 2.24) is 9.97 Å². The lowest BCUT2D eigenvalue weighted by atomic mass is 9.84. The molecule has 0 fully saturated rings. The van der Waals surface area contributed by atoms with Gasteiger partial charge in [-0.3, -0.25) is 0 Å². The van der Waals surface area contributed by atoms with Crippen LogP contribution in [0, 0.1) is 5.41 Å². The van der Waals surface area contributed by atoms with Gasteiger partial charge in [0.1, 0.15) is 12.1 Å². The largest absolute Gasteiger partial charge is 0.366 e. The number of anilines is 1. The van der Waals surface area contributed by atoms with Crippen molar-refractivity contribution in [2.24, 2.45) is 11.1 Å². The molecular weight excluding hydrogens is 236 g/mol. The summed E-state index contributed by atoms with van der Waals surface area (Å²) in [6.07, 6.45) is 2.52. The van der Waals surface area contributed by atoms with Crippen LogP contribution in [0.15, 0.2) is 30.6 Å². The lowest BCUT2D eigenvalue weighted by molar-refractivity contribution is 0.328. The van der Waals surface area contributed by atoms with E-state index >= 15 is 0 Å². The van der Waals surface area contributed by atoms with Crippen LogP contribution in [0.3, 0.4) is 0 Å². The Morgan fingerprint density at radius 2 is 1.95 bits per heavy atom. The van der Waals surface area contributed by atoms with E-state index < -0.39 is 0 Å². The van der Waals surface area contributed by atoms with E-state index in [2.05, 4.69) is 36.1 Å². The second kappa shape index (κ2) is 5.53. The van der Waals surface area contributed by atoms with Gasteiger partial charge in [0.25, 0.3) is 0 Å². The Morgan fingerprint density at radius 1 is 1.21 bits per heavy atom. The van der Waals surface area contributed by atoms with Gasteiger partial charge in [0.15, 0.2) is 0 Å². The first-order chi connectivity index (χ1) is 9.02. The predicted octanol–water partition coefficient (Wildman–Crippen LogP) is 2.81. The van der Waals surface area contributed by atoms with Gasteiger partial charge in [-0.2, -0.15) is 0 Å². The molecular formula is C15H22N4. The molecule has 2 aromatic rings. The molecule has 4 heteroatoms. The maximum atomic E-state index is 5.72. The standard InChI is InChI=1S/C15H22N4/c1-15(2,3)13(8-9-16)19-14-11-6-4-5-7-12(11)17-10-18-14/h4-7,10,13H,8-9,16H2,1-3H3,(H,17,18,19). The second-order valence-electron chi connectivity index (χ2n) is 5.88. The van der Waals surface area contributed by atoms with Gasteiger partial charge in [-0.05, 0) is 30.5 Å². The van der Waals surface area contributed by atoms with E-state index in [1.807, 2.05) is 24.3 Å². The number of nitrogens with zero attached hydrogens (tertiary/aromatic N) is 2. The summed E-state index contributed by atoms with van der Waals surface area (Å²) in [6, 6.07) is 8.32. The summed E-state index contributed by atoms with van der Waals surface area (Å²) in [5, 5.41) is 4.58. The van der Waals surface area contributed by atoms with Crippen LogP contribution in [-0.4, -0.2) is 22.6 Å². The highest BCUT2D eigenvalue weighted by molar-refractivity contribution is 5.88. The minimum atomic E-state index is 0.130. The van der Waals surface area contributed by atoms with Crippen LogP contribution in [0.25, 0.3) is 10.9 Å². The van der Waals surface area contributed by atoms with Gasteiger partial charge in [0, 0.05) is 11.4 Å². The first kappa shape index (κ1) is 13.7. The van der Waals surface area contributed by atoms with Crippen LogP contribution in [0.5, 0.6) is 0 Å². The molecule has 102 valence electrons. The van der Waals surface area contributed by atoms with Crippen molar-refractivity contribution in [2.75, 3.05) is 11.9 Å². The molecule has 0 saturated carbocycles. The fourth-order valence-corrected chi connectivity index (χ4v) is 2.17. The van der Waals surface area contributed by atoms with Crippen LogP contribution in [0.2, 0.25) is 0 Å².